The Morgan fingerprint density at radius 1 is 0.532 bits per heavy atom. The van der Waals surface area contributed by atoms with E-state index >= 15 is 0 Å². The van der Waals surface area contributed by atoms with Gasteiger partial charge in [0.2, 0.25) is 0 Å². The molecule has 0 saturated heterocycles. The summed E-state index contributed by atoms with van der Waals surface area (Å²) < 4.78 is 6.23. The zero-order chi connectivity index (χ0) is 31.2. The van der Waals surface area contributed by atoms with Gasteiger partial charge in [0.15, 0.2) is 11.6 Å². The SMILES string of the molecule is C1=CC(c2nc(-c3ccc(-c4ccc5ccccc5c4)cc3)nc(-c3cccc4oc5ccccc5c34)n2)CC(c2ccccc2)=C1. The fraction of sp³-hybridized carbons (Fsp3) is 0.0465. The monoisotopic (exact) mass is 603 g/mol. The number of para-hydroxylation sites is 1. The molecular formula is C43H29N3O. The van der Waals surface area contributed by atoms with E-state index in [1.807, 2.05) is 30.3 Å². The summed E-state index contributed by atoms with van der Waals surface area (Å²) in [5.41, 5.74) is 8.36. The van der Waals surface area contributed by atoms with Crippen molar-refractivity contribution in [2.24, 2.45) is 0 Å². The molecule has 1 aliphatic carbocycles. The van der Waals surface area contributed by atoms with Crippen molar-refractivity contribution in [3.8, 4) is 33.9 Å². The quantitative estimate of drug-likeness (QED) is 0.196. The van der Waals surface area contributed by atoms with E-state index in [9.17, 15) is 0 Å². The van der Waals surface area contributed by atoms with Gasteiger partial charge in [0.25, 0.3) is 0 Å². The number of hydrogen-bond acceptors (Lipinski definition) is 4. The van der Waals surface area contributed by atoms with Gasteiger partial charge in [0.05, 0.1) is 0 Å². The molecule has 0 radical (unpaired) electrons. The molecule has 47 heavy (non-hydrogen) atoms. The average molecular weight is 604 g/mol. The molecule has 4 nitrogen and oxygen atoms in total. The van der Waals surface area contributed by atoms with E-state index in [0.29, 0.717) is 11.6 Å². The standard InChI is InChI=1S/C43H29N3O/c1-2-10-28(11-3-1)33-14-8-15-35(27-33)42-44-41(31-23-20-30(21-24-31)34-25-22-29-12-4-5-13-32(29)26-34)45-43(46-42)37-17-9-19-39-40(37)36-16-6-7-18-38(36)47-39/h1-26,35H,27H2. The fourth-order valence-electron chi connectivity index (χ4n) is 6.67. The van der Waals surface area contributed by atoms with E-state index in [0.717, 1.165) is 50.9 Å². The highest BCUT2D eigenvalue weighted by molar-refractivity contribution is 6.11. The van der Waals surface area contributed by atoms with Crippen LogP contribution in [0.3, 0.4) is 0 Å². The summed E-state index contributed by atoms with van der Waals surface area (Å²) in [4.78, 5) is 15.4. The van der Waals surface area contributed by atoms with E-state index in [2.05, 4.69) is 127 Å². The molecule has 0 amide bonds. The summed E-state index contributed by atoms with van der Waals surface area (Å²) in [5.74, 6) is 2.06. The molecule has 2 aromatic heterocycles. The topological polar surface area (TPSA) is 51.8 Å². The van der Waals surface area contributed by atoms with Gasteiger partial charge in [-0.25, -0.2) is 15.0 Å². The summed E-state index contributed by atoms with van der Waals surface area (Å²) in [6.45, 7) is 0. The zero-order valence-electron chi connectivity index (χ0n) is 25.5. The minimum atomic E-state index is 0.00729. The van der Waals surface area contributed by atoms with Gasteiger partial charge in [-0.1, -0.05) is 140 Å². The predicted octanol–water partition coefficient (Wildman–Crippen LogP) is 11.1. The second-order valence-electron chi connectivity index (χ2n) is 12.0. The highest BCUT2D eigenvalue weighted by atomic mass is 16.3. The third kappa shape index (κ3) is 5.01. The molecule has 0 bridgehead atoms. The molecule has 4 heteroatoms. The van der Waals surface area contributed by atoms with Crippen LogP contribution in [0.1, 0.15) is 23.7 Å². The Morgan fingerprint density at radius 2 is 1.26 bits per heavy atom. The molecule has 0 saturated carbocycles. The first-order chi connectivity index (χ1) is 23.3. The van der Waals surface area contributed by atoms with Crippen molar-refractivity contribution in [1.82, 2.24) is 15.0 Å². The van der Waals surface area contributed by atoms with Crippen LogP contribution in [0.2, 0.25) is 0 Å². The maximum atomic E-state index is 6.23. The third-order valence-electron chi connectivity index (χ3n) is 9.08. The van der Waals surface area contributed by atoms with E-state index in [-0.39, 0.29) is 5.92 Å². The molecule has 0 spiro atoms. The lowest BCUT2D eigenvalue weighted by molar-refractivity contribution is 0.669. The van der Waals surface area contributed by atoms with Gasteiger partial charge in [-0.2, -0.15) is 0 Å². The van der Waals surface area contributed by atoms with Gasteiger partial charge in [-0.15, -0.1) is 0 Å². The lowest BCUT2D eigenvalue weighted by Crippen LogP contribution is -2.09. The summed E-state index contributed by atoms with van der Waals surface area (Å²) in [6.07, 6.45) is 7.33. The van der Waals surface area contributed by atoms with E-state index in [4.69, 9.17) is 19.4 Å². The van der Waals surface area contributed by atoms with Crippen LogP contribution in [0, 0.1) is 0 Å². The number of benzene rings is 6. The van der Waals surface area contributed by atoms with Crippen molar-refractivity contribution in [2.75, 3.05) is 0 Å². The first-order valence-corrected chi connectivity index (χ1v) is 16.0. The zero-order valence-corrected chi connectivity index (χ0v) is 25.5. The number of furan rings is 1. The van der Waals surface area contributed by atoms with Crippen molar-refractivity contribution in [3.63, 3.8) is 0 Å². The van der Waals surface area contributed by atoms with Gasteiger partial charge in [0.1, 0.15) is 17.0 Å². The molecule has 1 atom stereocenters. The molecular weight excluding hydrogens is 574 g/mol. The molecule has 0 fully saturated rings. The second kappa shape index (κ2) is 11.3. The molecule has 1 unspecified atom stereocenters. The van der Waals surface area contributed by atoms with Crippen molar-refractivity contribution in [1.29, 1.82) is 0 Å². The number of rotatable bonds is 5. The van der Waals surface area contributed by atoms with Crippen LogP contribution >= 0.6 is 0 Å². The van der Waals surface area contributed by atoms with Crippen molar-refractivity contribution in [3.05, 3.63) is 169 Å². The molecule has 8 aromatic rings. The first-order valence-electron chi connectivity index (χ1n) is 16.0. The molecule has 2 heterocycles. The largest absolute Gasteiger partial charge is 0.456 e. The normalized spacial score (nSPS) is 14.6. The van der Waals surface area contributed by atoms with Gasteiger partial charge in [-0.3, -0.25) is 0 Å². The number of fused-ring (bicyclic) bond motifs is 4. The Bertz CT molecular complexity index is 2490. The smallest absolute Gasteiger partial charge is 0.164 e. The van der Waals surface area contributed by atoms with Crippen LogP contribution in [0.25, 0.3) is 72.2 Å². The lowest BCUT2D eigenvalue weighted by atomic mass is 9.89. The van der Waals surface area contributed by atoms with Crippen LogP contribution in [-0.2, 0) is 0 Å². The van der Waals surface area contributed by atoms with E-state index in [1.54, 1.807) is 0 Å². The Labute approximate surface area is 272 Å². The summed E-state index contributed by atoms with van der Waals surface area (Å²) >= 11 is 0. The Morgan fingerprint density at radius 3 is 2.15 bits per heavy atom. The minimum absolute atomic E-state index is 0.00729. The minimum Gasteiger partial charge on any atom is -0.456 e. The highest BCUT2D eigenvalue weighted by Crippen LogP contribution is 2.38. The second-order valence-corrected chi connectivity index (χ2v) is 12.0. The van der Waals surface area contributed by atoms with Crippen molar-refractivity contribution >= 4 is 38.3 Å². The molecule has 1 aliphatic rings. The van der Waals surface area contributed by atoms with Crippen molar-refractivity contribution < 1.29 is 4.42 Å². The molecule has 222 valence electrons. The summed E-state index contributed by atoms with van der Waals surface area (Å²) in [7, 11) is 0. The van der Waals surface area contributed by atoms with Crippen LogP contribution in [-0.4, -0.2) is 15.0 Å². The molecule has 0 aliphatic heterocycles. The number of allylic oxidation sites excluding steroid dienone is 4. The summed E-state index contributed by atoms with van der Waals surface area (Å²) in [6, 6.07) is 48.4. The van der Waals surface area contributed by atoms with Crippen molar-refractivity contribution in [2.45, 2.75) is 12.3 Å². The first kappa shape index (κ1) is 27.2. The Hall–Kier alpha value is -6.13. The Kier molecular flexibility index (Phi) is 6.57. The number of aromatic nitrogens is 3. The van der Waals surface area contributed by atoms with E-state index in [1.165, 1.54) is 27.5 Å². The molecule has 6 aromatic carbocycles. The van der Waals surface area contributed by atoms with Gasteiger partial charge < -0.3 is 4.42 Å². The summed E-state index contributed by atoms with van der Waals surface area (Å²) in [5, 5.41) is 4.53. The van der Waals surface area contributed by atoms with Crippen LogP contribution in [0.5, 0.6) is 0 Å². The van der Waals surface area contributed by atoms with Gasteiger partial charge in [-0.05, 0) is 57.7 Å². The van der Waals surface area contributed by atoms with Crippen LogP contribution in [0.4, 0.5) is 0 Å². The maximum absolute atomic E-state index is 6.23. The van der Waals surface area contributed by atoms with Crippen LogP contribution < -0.4 is 0 Å². The van der Waals surface area contributed by atoms with Gasteiger partial charge >= 0.3 is 0 Å². The van der Waals surface area contributed by atoms with Gasteiger partial charge in [0, 0.05) is 27.8 Å². The van der Waals surface area contributed by atoms with E-state index < -0.39 is 0 Å². The maximum Gasteiger partial charge on any atom is 0.164 e. The Balaban J connectivity index is 1.16. The molecule has 0 N–H and O–H groups in total. The third-order valence-corrected chi connectivity index (χ3v) is 9.08. The lowest BCUT2D eigenvalue weighted by Gasteiger charge is -2.19. The molecule has 9 rings (SSSR count). The average Bonchev–Trinajstić information content (AvgIpc) is 3.54. The number of nitrogens with zero attached hydrogens (tertiary/aromatic N) is 3. The predicted molar refractivity (Wildman–Crippen MR) is 192 cm³/mol. The van der Waals surface area contributed by atoms with Crippen LogP contribution in [0.15, 0.2) is 162 Å². The number of hydrogen-bond donors (Lipinski definition) is 0. The fourth-order valence-corrected chi connectivity index (χ4v) is 6.67. The highest BCUT2D eigenvalue weighted by Gasteiger charge is 2.22.